The second-order valence-corrected chi connectivity index (χ2v) is 9.40. The van der Waals surface area contributed by atoms with Gasteiger partial charge in [0.15, 0.2) is 0 Å². The lowest BCUT2D eigenvalue weighted by Crippen LogP contribution is -2.48. The predicted octanol–water partition coefficient (Wildman–Crippen LogP) is 4.04. The molecule has 2 aromatic rings. The second kappa shape index (κ2) is 12.7. The molecule has 1 fully saturated rings. The van der Waals surface area contributed by atoms with Gasteiger partial charge in [-0.2, -0.15) is 0 Å². The second-order valence-electron chi connectivity index (χ2n) is 8.40. The molecule has 0 saturated carbocycles. The zero-order valence-electron chi connectivity index (χ0n) is 19.3. The van der Waals surface area contributed by atoms with E-state index in [0.717, 1.165) is 42.6 Å². The molecule has 1 aliphatic rings. The van der Waals surface area contributed by atoms with Crippen LogP contribution in [0.5, 0.6) is 0 Å². The first-order chi connectivity index (χ1) is 15.6. The number of amides is 2. The van der Waals surface area contributed by atoms with Gasteiger partial charge >= 0.3 is 0 Å². The lowest BCUT2D eigenvalue weighted by atomic mass is 10.0. The van der Waals surface area contributed by atoms with E-state index >= 15 is 0 Å². The van der Waals surface area contributed by atoms with Crippen LogP contribution in [0.2, 0.25) is 0 Å². The highest BCUT2D eigenvalue weighted by atomic mass is 32.2. The molecule has 0 spiro atoms. The van der Waals surface area contributed by atoms with E-state index in [4.69, 9.17) is 0 Å². The Kier molecular flexibility index (Phi) is 9.62. The lowest BCUT2D eigenvalue weighted by Gasteiger charge is -2.27. The van der Waals surface area contributed by atoms with E-state index in [1.54, 1.807) is 16.7 Å². The maximum atomic E-state index is 13.0. The summed E-state index contributed by atoms with van der Waals surface area (Å²) < 4.78 is 0. The summed E-state index contributed by atoms with van der Waals surface area (Å²) in [5.41, 5.74) is 3.28. The Balaban J connectivity index is 1.50. The van der Waals surface area contributed by atoms with E-state index in [1.165, 1.54) is 12.8 Å². The van der Waals surface area contributed by atoms with Gasteiger partial charge in [0.05, 0.1) is 12.3 Å². The van der Waals surface area contributed by atoms with Crippen LogP contribution in [0.3, 0.4) is 0 Å². The van der Waals surface area contributed by atoms with Gasteiger partial charge in [0.25, 0.3) is 0 Å². The van der Waals surface area contributed by atoms with Crippen molar-refractivity contribution in [3.8, 4) is 11.1 Å². The van der Waals surface area contributed by atoms with Gasteiger partial charge < -0.3 is 15.1 Å². The van der Waals surface area contributed by atoms with Crippen molar-refractivity contribution in [2.45, 2.75) is 38.1 Å². The molecular formula is C26H35N3O2S. The fraction of sp³-hybridized carbons (Fsp3) is 0.462. The Morgan fingerprint density at radius 2 is 1.69 bits per heavy atom. The zero-order chi connectivity index (χ0) is 22.8. The molecule has 1 saturated heterocycles. The van der Waals surface area contributed by atoms with Crippen LogP contribution in [0.1, 0.15) is 31.2 Å². The summed E-state index contributed by atoms with van der Waals surface area (Å²) in [5, 5.41) is 3.16. The minimum absolute atomic E-state index is 0.0290. The molecule has 6 heteroatoms. The highest BCUT2D eigenvalue weighted by molar-refractivity contribution is 7.99. The number of hydrogen-bond donors (Lipinski definition) is 1. The van der Waals surface area contributed by atoms with Crippen molar-refractivity contribution < 1.29 is 9.59 Å². The van der Waals surface area contributed by atoms with Gasteiger partial charge in [0.1, 0.15) is 6.04 Å². The summed E-state index contributed by atoms with van der Waals surface area (Å²) in [6.07, 6.45) is 4.81. The fourth-order valence-electron chi connectivity index (χ4n) is 3.98. The molecule has 3 rings (SSSR count). The molecule has 0 radical (unpaired) electrons. The smallest absolute Gasteiger partial charge is 0.246 e. The van der Waals surface area contributed by atoms with Crippen LogP contribution >= 0.6 is 11.8 Å². The van der Waals surface area contributed by atoms with Crippen molar-refractivity contribution in [3.05, 3.63) is 60.2 Å². The van der Waals surface area contributed by atoms with Gasteiger partial charge in [-0.05, 0) is 43.1 Å². The Bertz CT molecular complexity index is 857. The minimum atomic E-state index is -0.342. The summed E-state index contributed by atoms with van der Waals surface area (Å²) in [7, 11) is 3.84. The van der Waals surface area contributed by atoms with Crippen LogP contribution in [0.25, 0.3) is 11.1 Å². The molecular weight excluding hydrogens is 418 g/mol. The quantitative estimate of drug-likeness (QED) is 0.522. The first-order valence-corrected chi connectivity index (χ1v) is 12.7. The van der Waals surface area contributed by atoms with Crippen molar-refractivity contribution in [2.24, 2.45) is 0 Å². The summed E-state index contributed by atoms with van der Waals surface area (Å²) in [6.45, 7) is 1.79. The normalized spacial score (nSPS) is 15.7. The van der Waals surface area contributed by atoms with Crippen molar-refractivity contribution in [2.75, 3.05) is 38.8 Å². The van der Waals surface area contributed by atoms with Crippen LogP contribution in [0.15, 0.2) is 54.6 Å². The van der Waals surface area contributed by atoms with E-state index in [9.17, 15) is 9.59 Å². The fourth-order valence-corrected chi connectivity index (χ4v) is 5.16. The number of unbranched alkanes of at least 4 members (excludes halogenated alkanes) is 3. The van der Waals surface area contributed by atoms with E-state index in [1.807, 2.05) is 49.3 Å². The van der Waals surface area contributed by atoms with E-state index < -0.39 is 0 Å². The summed E-state index contributed by atoms with van der Waals surface area (Å²) >= 11 is 1.66. The summed E-state index contributed by atoms with van der Waals surface area (Å²) in [6, 6.07) is 18.0. The van der Waals surface area contributed by atoms with Crippen LogP contribution < -0.4 is 5.32 Å². The third-order valence-electron chi connectivity index (χ3n) is 5.95. The van der Waals surface area contributed by atoms with Crippen LogP contribution in [-0.4, -0.2) is 66.5 Å². The number of benzene rings is 2. The zero-order valence-corrected chi connectivity index (χ0v) is 20.1. The van der Waals surface area contributed by atoms with Crippen LogP contribution in [-0.2, 0) is 16.0 Å². The number of nitrogens with zero attached hydrogens (tertiary/aromatic N) is 2. The number of rotatable bonds is 11. The molecule has 0 aromatic heterocycles. The third kappa shape index (κ3) is 6.84. The van der Waals surface area contributed by atoms with E-state index in [-0.39, 0.29) is 17.9 Å². The van der Waals surface area contributed by atoms with Crippen molar-refractivity contribution in [1.29, 1.82) is 0 Å². The number of thioether (sulfide) groups is 1. The van der Waals surface area contributed by atoms with Crippen molar-refractivity contribution >= 4 is 23.6 Å². The first kappa shape index (κ1) is 24.3. The summed E-state index contributed by atoms with van der Waals surface area (Å²) in [4.78, 5) is 29.6. The van der Waals surface area contributed by atoms with E-state index in [0.29, 0.717) is 18.1 Å². The lowest BCUT2D eigenvalue weighted by molar-refractivity contribution is -0.142. The number of hydrogen-bond acceptors (Lipinski definition) is 4. The Morgan fingerprint density at radius 3 is 2.41 bits per heavy atom. The molecule has 2 amide bonds. The number of carbonyl (C=O) groups excluding carboxylic acids is 2. The predicted molar refractivity (Wildman–Crippen MR) is 134 cm³/mol. The average Bonchev–Trinajstić information content (AvgIpc) is 3.32. The Hall–Kier alpha value is -2.31. The molecule has 2 aromatic carbocycles. The summed E-state index contributed by atoms with van der Waals surface area (Å²) in [5.74, 6) is 1.37. The molecule has 0 aliphatic carbocycles. The molecule has 1 atom stereocenters. The van der Waals surface area contributed by atoms with Crippen molar-refractivity contribution in [1.82, 2.24) is 15.1 Å². The standard InChI is InChI=1S/C26H35N3O2S/c1-27-16-8-3-4-9-17-28(2)26(31)24-19-32-20-29(24)25(30)18-21-12-14-23(15-13-21)22-10-6-5-7-11-22/h5-7,10-15,24,27H,3-4,8-9,16-20H2,1-2H3. The van der Waals surface area contributed by atoms with Crippen molar-refractivity contribution in [3.63, 3.8) is 0 Å². The number of likely N-dealkylation sites (N-methyl/N-ethyl adjacent to an activating group) is 1. The molecule has 1 N–H and O–H groups in total. The van der Waals surface area contributed by atoms with Gasteiger partial charge in [0, 0.05) is 19.3 Å². The van der Waals surface area contributed by atoms with Gasteiger partial charge in [-0.25, -0.2) is 0 Å². The van der Waals surface area contributed by atoms with Gasteiger partial charge in [-0.1, -0.05) is 67.4 Å². The van der Waals surface area contributed by atoms with Crippen LogP contribution in [0, 0.1) is 0 Å². The molecule has 1 unspecified atom stereocenters. The molecule has 32 heavy (non-hydrogen) atoms. The third-order valence-corrected chi connectivity index (χ3v) is 6.96. The number of nitrogens with one attached hydrogen (secondary N) is 1. The monoisotopic (exact) mass is 453 g/mol. The molecule has 1 heterocycles. The van der Waals surface area contributed by atoms with Gasteiger partial charge in [-0.15, -0.1) is 11.8 Å². The highest BCUT2D eigenvalue weighted by Crippen LogP contribution is 2.24. The Labute approximate surface area is 196 Å². The molecule has 5 nitrogen and oxygen atoms in total. The highest BCUT2D eigenvalue weighted by Gasteiger charge is 2.35. The largest absolute Gasteiger partial charge is 0.344 e. The maximum absolute atomic E-state index is 13.0. The van der Waals surface area contributed by atoms with E-state index in [2.05, 4.69) is 29.6 Å². The number of carbonyl (C=O) groups is 2. The SMILES string of the molecule is CNCCCCCCN(C)C(=O)C1CSCN1C(=O)Cc1ccc(-c2ccccc2)cc1. The van der Waals surface area contributed by atoms with Crippen LogP contribution in [0.4, 0.5) is 0 Å². The maximum Gasteiger partial charge on any atom is 0.246 e. The average molecular weight is 454 g/mol. The molecule has 1 aliphatic heterocycles. The topological polar surface area (TPSA) is 52.7 Å². The first-order valence-electron chi connectivity index (χ1n) is 11.5. The molecule has 172 valence electrons. The van der Waals surface area contributed by atoms with Gasteiger partial charge in [0.2, 0.25) is 11.8 Å². The Morgan fingerprint density at radius 1 is 1.00 bits per heavy atom. The molecule has 0 bridgehead atoms. The minimum Gasteiger partial charge on any atom is -0.344 e. The van der Waals surface area contributed by atoms with Gasteiger partial charge in [-0.3, -0.25) is 9.59 Å².